The lowest BCUT2D eigenvalue weighted by Gasteiger charge is -2.26. The summed E-state index contributed by atoms with van der Waals surface area (Å²) in [5, 5.41) is 0. The monoisotopic (exact) mass is 262 g/mol. The van der Waals surface area contributed by atoms with Crippen molar-refractivity contribution in [1.82, 2.24) is 0 Å². The van der Waals surface area contributed by atoms with E-state index in [4.69, 9.17) is 4.74 Å². The molecule has 2 unspecified atom stereocenters. The topological polar surface area (TPSA) is 52.6 Å². The van der Waals surface area contributed by atoms with E-state index >= 15 is 0 Å². The number of ether oxygens (including phenoxy) is 2. The number of methoxy groups -OCH3 is 1. The highest BCUT2D eigenvalue weighted by Gasteiger charge is 2.35. The lowest BCUT2D eigenvalue weighted by Crippen LogP contribution is -2.35. The van der Waals surface area contributed by atoms with E-state index in [1.807, 2.05) is 30.3 Å². The van der Waals surface area contributed by atoms with Gasteiger partial charge in [0.2, 0.25) is 0 Å². The molecule has 4 nitrogen and oxygen atoms in total. The van der Waals surface area contributed by atoms with E-state index in [9.17, 15) is 9.59 Å². The normalized spacial score (nSPS) is 23.1. The van der Waals surface area contributed by atoms with Gasteiger partial charge in [0.05, 0.1) is 19.8 Å². The number of carbonyl (C=O) groups excluding carboxylic acids is 2. The molecule has 0 spiro atoms. The molecule has 1 saturated carbocycles. The molecule has 1 fully saturated rings. The Morgan fingerprint density at radius 1 is 1.32 bits per heavy atom. The first-order valence-electron chi connectivity index (χ1n) is 6.46. The minimum Gasteiger partial charge on any atom is -0.468 e. The van der Waals surface area contributed by atoms with Crippen LogP contribution in [0.25, 0.3) is 0 Å². The van der Waals surface area contributed by atoms with E-state index in [0.29, 0.717) is 25.9 Å². The summed E-state index contributed by atoms with van der Waals surface area (Å²) < 4.78 is 10.4. The average Bonchev–Trinajstić information content (AvgIpc) is 2.46. The molecule has 4 heteroatoms. The molecule has 0 amide bonds. The highest BCUT2D eigenvalue weighted by Crippen LogP contribution is 2.25. The third-order valence-electron chi connectivity index (χ3n) is 3.41. The number of carbonyl (C=O) groups is 2. The van der Waals surface area contributed by atoms with Crippen molar-refractivity contribution < 1.29 is 19.1 Å². The van der Waals surface area contributed by atoms with Gasteiger partial charge < -0.3 is 9.47 Å². The summed E-state index contributed by atoms with van der Waals surface area (Å²) >= 11 is 0. The van der Waals surface area contributed by atoms with E-state index in [2.05, 4.69) is 4.74 Å². The fraction of sp³-hybridized carbons (Fsp3) is 0.467. The predicted octanol–water partition coefficient (Wildman–Crippen LogP) is 2.11. The molecule has 0 bridgehead atoms. The van der Waals surface area contributed by atoms with E-state index in [-0.39, 0.29) is 11.9 Å². The van der Waals surface area contributed by atoms with Crippen molar-refractivity contribution in [2.75, 3.05) is 7.11 Å². The molecular weight excluding hydrogens is 244 g/mol. The Kier molecular flexibility index (Phi) is 4.68. The van der Waals surface area contributed by atoms with Crippen molar-refractivity contribution in [3.8, 4) is 0 Å². The Morgan fingerprint density at radius 3 is 2.74 bits per heavy atom. The maximum Gasteiger partial charge on any atom is 0.316 e. The number of rotatable bonds is 4. The van der Waals surface area contributed by atoms with Gasteiger partial charge >= 0.3 is 5.97 Å². The molecule has 1 aromatic carbocycles. The van der Waals surface area contributed by atoms with Gasteiger partial charge in [-0.25, -0.2) is 0 Å². The number of benzene rings is 1. The van der Waals surface area contributed by atoms with E-state index in [0.717, 1.165) is 5.56 Å². The number of esters is 1. The van der Waals surface area contributed by atoms with Gasteiger partial charge in [0.25, 0.3) is 0 Å². The number of ketones is 1. The van der Waals surface area contributed by atoms with Crippen LogP contribution in [0.5, 0.6) is 0 Å². The molecule has 0 saturated heterocycles. The third-order valence-corrected chi connectivity index (χ3v) is 3.41. The number of hydrogen-bond acceptors (Lipinski definition) is 4. The van der Waals surface area contributed by atoms with Crippen LogP contribution >= 0.6 is 0 Å². The minimum atomic E-state index is -0.653. The molecule has 1 aromatic rings. The van der Waals surface area contributed by atoms with Gasteiger partial charge in [-0.2, -0.15) is 0 Å². The van der Waals surface area contributed by atoms with Crippen LogP contribution in [-0.2, 0) is 25.7 Å². The second kappa shape index (κ2) is 6.48. The van der Waals surface area contributed by atoms with Crippen LogP contribution in [0.4, 0.5) is 0 Å². The largest absolute Gasteiger partial charge is 0.468 e. The van der Waals surface area contributed by atoms with E-state index < -0.39 is 11.9 Å². The molecule has 0 aromatic heterocycles. The molecule has 1 aliphatic rings. The summed E-state index contributed by atoms with van der Waals surface area (Å²) in [4.78, 5) is 23.2. The van der Waals surface area contributed by atoms with Crippen LogP contribution in [0.15, 0.2) is 30.3 Å². The minimum absolute atomic E-state index is 0.0357. The second-order valence-corrected chi connectivity index (χ2v) is 4.74. The van der Waals surface area contributed by atoms with Crippen molar-refractivity contribution in [3.63, 3.8) is 0 Å². The van der Waals surface area contributed by atoms with Crippen LogP contribution in [-0.4, -0.2) is 25.0 Å². The maximum absolute atomic E-state index is 11.7. The SMILES string of the molecule is COC(=O)C1CC(OCc2ccccc2)CCC1=O. The Bertz CT molecular complexity index is 433. The van der Waals surface area contributed by atoms with Crippen LogP contribution in [0.2, 0.25) is 0 Å². The number of hydrogen-bond donors (Lipinski definition) is 0. The van der Waals surface area contributed by atoms with Gasteiger partial charge in [-0.05, 0) is 18.4 Å². The first kappa shape index (κ1) is 13.7. The third kappa shape index (κ3) is 3.64. The van der Waals surface area contributed by atoms with Gasteiger partial charge in [-0.15, -0.1) is 0 Å². The standard InChI is InChI=1S/C15H18O4/c1-18-15(17)13-9-12(7-8-14(13)16)19-10-11-5-3-2-4-6-11/h2-6,12-13H,7-10H2,1H3. The summed E-state index contributed by atoms with van der Waals surface area (Å²) in [6.45, 7) is 0.508. The Hall–Kier alpha value is -1.68. The van der Waals surface area contributed by atoms with E-state index in [1.165, 1.54) is 7.11 Å². The fourth-order valence-corrected chi connectivity index (χ4v) is 2.30. The zero-order valence-corrected chi connectivity index (χ0v) is 11.0. The summed E-state index contributed by atoms with van der Waals surface area (Å²) in [5.74, 6) is -1.14. The molecule has 102 valence electrons. The first-order chi connectivity index (χ1) is 9.20. The number of Topliss-reactive ketones (excluding diaryl/α,β-unsaturated/α-hetero) is 1. The summed E-state index contributed by atoms with van der Waals surface area (Å²) in [6.07, 6.45) is 1.44. The predicted molar refractivity (Wildman–Crippen MR) is 69.4 cm³/mol. The van der Waals surface area contributed by atoms with Crippen LogP contribution < -0.4 is 0 Å². The van der Waals surface area contributed by atoms with Crippen molar-refractivity contribution >= 4 is 11.8 Å². The van der Waals surface area contributed by atoms with Gasteiger partial charge in [0, 0.05) is 6.42 Å². The Labute approximate surface area is 112 Å². The molecule has 2 atom stereocenters. The lowest BCUT2D eigenvalue weighted by atomic mass is 9.86. The van der Waals surface area contributed by atoms with Crippen LogP contribution in [0, 0.1) is 5.92 Å². The van der Waals surface area contributed by atoms with Crippen molar-refractivity contribution in [2.24, 2.45) is 5.92 Å². The fourth-order valence-electron chi connectivity index (χ4n) is 2.30. The van der Waals surface area contributed by atoms with Gasteiger partial charge in [-0.1, -0.05) is 30.3 Å². The Morgan fingerprint density at radius 2 is 2.05 bits per heavy atom. The molecule has 2 rings (SSSR count). The molecule has 0 N–H and O–H groups in total. The lowest BCUT2D eigenvalue weighted by molar-refractivity contribution is -0.153. The highest BCUT2D eigenvalue weighted by molar-refractivity contribution is 5.99. The second-order valence-electron chi connectivity index (χ2n) is 4.74. The van der Waals surface area contributed by atoms with Crippen LogP contribution in [0.1, 0.15) is 24.8 Å². The maximum atomic E-state index is 11.7. The molecule has 0 radical (unpaired) electrons. The molecule has 0 aliphatic heterocycles. The average molecular weight is 262 g/mol. The van der Waals surface area contributed by atoms with Crippen molar-refractivity contribution in [1.29, 1.82) is 0 Å². The highest BCUT2D eigenvalue weighted by atomic mass is 16.5. The van der Waals surface area contributed by atoms with E-state index in [1.54, 1.807) is 0 Å². The smallest absolute Gasteiger partial charge is 0.316 e. The van der Waals surface area contributed by atoms with Gasteiger partial charge in [0.15, 0.2) is 0 Å². The molecule has 1 aliphatic carbocycles. The van der Waals surface area contributed by atoms with Crippen molar-refractivity contribution in [2.45, 2.75) is 32.0 Å². The van der Waals surface area contributed by atoms with Gasteiger partial charge in [-0.3, -0.25) is 9.59 Å². The first-order valence-corrected chi connectivity index (χ1v) is 6.46. The van der Waals surface area contributed by atoms with Crippen LogP contribution in [0.3, 0.4) is 0 Å². The molecule has 19 heavy (non-hydrogen) atoms. The summed E-state index contributed by atoms with van der Waals surface area (Å²) in [7, 11) is 1.31. The van der Waals surface area contributed by atoms with Crippen molar-refractivity contribution in [3.05, 3.63) is 35.9 Å². The summed E-state index contributed by atoms with van der Waals surface area (Å²) in [6, 6.07) is 9.86. The zero-order valence-electron chi connectivity index (χ0n) is 11.0. The molecular formula is C15H18O4. The quantitative estimate of drug-likeness (QED) is 0.616. The van der Waals surface area contributed by atoms with Gasteiger partial charge in [0.1, 0.15) is 11.7 Å². The summed E-state index contributed by atoms with van der Waals surface area (Å²) in [5.41, 5.74) is 1.09. The zero-order chi connectivity index (χ0) is 13.7. The Balaban J connectivity index is 1.88. The molecule has 0 heterocycles.